The van der Waals surface area contributed by atoms with Gasteiger partial charge >= 0.3 is 0 Å². The van der Waals surface area contributed by atoms with Gasteiger partial charge < -0.3 is 14.3 Å². The quantitative estimate of drug-likeness (QED) is 0.554. The van der Waals surface area contributed by atoms with Crippen LogP contribution >= 0.6 is 11.6 Å². The molecule has 0 atom stereocenters. The first-order chi connectivity index (χ1) is 12.5. The monoisotopic (exact) mass is 369 g/mol. The number of hydrogen-bond acceptors (Lipinski definition) is 3. The van der Waals surface area contributed by atoms with E-state index in [2.05, 4.69) is 10.3 Å². The van der Waals surface area contributed by atoms with Crippen molar-refractivity contribution in [2.75, 3.05) is 5.32 Å². The molecule has 4 aromatic rings. The van der Waals surface area contributed by atoms with Crippen LogP contribution in [0, 0.1) is 12.7 Å². The molecule has 0 aliphatic rings. The highest BCUT2D eigenvalue weighted by Crippen LogP contribution is 2.28. The number of anilines is 1. The van der Waals surface area contributed by atoms with Crippen molar-refractivity contribution in [3.05, 3.63) is 77.3 Å². The molecule has 0 fully saturated rings. The van der Waals surface area contributed by atoms with Crippen LogP contribution in [0.4, 0.5) is 10.1 Å². The number of fused-ring (bicyclic) bond motifs is 1. The van der Waals surface area contributed by atoms with E-state index in [9.17, 15) is 9.18 Å². The van der Waals surface area contributed by atoms with Crippen LogP contribution in [0.15, 0.2) is 59.5 Å². The first-order valence-electron chi connectivity index (χ1n) is 7.81. The molecule has 2 aromatic carbocycles. The minimum Gasteiger partial charge on any atom is -0.451 e. The predicted molar refractivity (Wildman–Crippen MR) is 97.4 cm³/mol. The average Bonchev–Trinajstić information content (AvgIpc) is 3.24. The Labute approximate surface area is 153 Å². The fraction of sp³-hybridized carbons (Fsp3) is 0.0526. The molecule has 0 radical (unpaired) electrons. The molecular weight excluding hydrogens is 357 g/mol. The van der Waals surface area contributed by atoms with Crippen LogP contribution in [0.25, 0.3) is 16.7 Å². The highest BCUT2D eigenvalue weighted by atomic mass is 35.5. The van der Waals surface area contributed by atoms with Crippen LogP contribution in [0.1, 0.15) is 16.1 Å². The van der Waals surface area contributed by atoms with Gasteiger partial charge in [0.15, 0.2) is 5.76 Å². The Morgan fingerprint density at radius 2 is 2.12 bits per heavy atom. The Kier molecular flexibility index (Phi) is 3.97. The lowest BCUT2D eigenvalue weighted by Crippen LogP contribution is -2.12. The summed E-state index contributed by atoms with van der Waals surface area (Å²) in [5.41, 5.74) is 2.31. The minimum absolute atomic E-state index is 0.139. The van der Waals surface area contributed by atoms with Crippen molar-refractivity contribution in [2.45, 2.75) is 6.92 Å². The van der Waals surface area contributed by atoms with Crippen molar-refractivity contribution >= 4 is 34.2 Å². The van der Waals surface area contributed by atoms with Gasteiger partial charge in [0.25, 0.3) is 5.91 Å². The molecule has 0 aliphatic heterocycles. The number of nitrogens with one attached hydrogen (secondary N) is 1. The second-order valence-corrected chi connectivity index (χ2v) is 6.19. The molecule has 5 nitrogen and oxygen atoms in total. The minimum atomic E-state index is -0.425. The van der Waals surface area contributed by atoms with Gasteiger partial charge in [-0.25, -0.2) is 9.37 Å². The number of hydrogen-bond donors (Lipinski definition) is 1. The first kappa shape index (κ1) is 16.4. The van der Waals surface area contributed by atoms with Crippen LogP contribution in [-0.2, 0) is 0 Å². The molecule has 2 heterocycles. The van der Waals surface area contributed by atoms with Gasteiger partial charge in [0.2, 0.25) is 0 Å². The molecule has 4 rings (SSSR count). The van der Waals surface area contributed by atoms with Crippen LogP contribution in [-0.4, -0.2) is 15.5 Å². The van der Waals surface area contributed by atoms with E-state index >= 15 is 0 Å². The van der Waals surface area contributed by atoms with E-state index in [0.29, 0.717) is 27.2 Å². The van der Waals surface area contributed by atoms with Crippen molar-refractivity contribution in [2.24, 2.45) is 0 Å². The molecule has 7 heteroatoms. The number of aromatic nitrogens is 2. The van der Waals surface area contributed by atoms with Gasteiger partial charge in [0.05, 0.1) is 17.0 Å². The maximum atomic E-state index is 13.4. The maximum Gasteiger partial charge on any atom is 0.291 e. The second kappa shape index (κ2) is 6.31. The molecule has 2 aromatic heterocycles. The van der Waals surface area contributed by atoms with Crippen molar-refractivity contribution in [3.63, 3.8) is 0 Å². The van der Waals surface area contributed by atoms with Crippen molar-refractivity contribution in [1.82, 2.24) is 9.55 Å². The average molecular weight is 370 g/mol. The second-order valence-electron chi connectivity index (χ2n) is 5.79. The Bertz CT molecular complexity index is 1120. The van der Waals surface area contributed by atoms with E-state index in [1.165, 1.54) is 18.2 Å². The number of imidazole rings is 1. The molecule has 0 saturated heterocycles. The van der Waals surface area contributed by atoms with Crippen LogP contribution in [0.5, 0.6) is 0 Å². The number of halogens is 2. The third-order valence-corrected chi connectivity index (χ3v) is 4.40. The smallest absolute Gasteiger partial charge is 0.291 e. The van der Waals surface area contributed by atoms with Crippen molar-refractivity contribution in [3.8, 4) is 5.69 Å². The Morgan fingerprint density at radius 1 is 1.27 bits per heavy atom. The number of nitrogens with zero attached hydrogens (tertiary/aromatic N) is 2. The molecule has 0 aliphatic carbocycles. The first-order valence-corrected chi connectivity index (χ1v) is 8.18. The van der Waals surface area contributed by atoms with E-state index in [0.717, 1.165) is 5.69 Å². The number of rotatable bonds is 3. The summed E-state index contributed by atoms with van der Waals surface area (Å²) in [6, 6.07) is 9.30. The summed E-state index contributed by atoms with van der Waals surface area (Å²) in [6.07, 6.45) is 5.06. The molecule has 1 N–H and O–H groups in total. The topological polar surface area (TPSA) is 60.1 Å². The zero-order chi connectivity index (χ0) is 18.3. The zero-order valence-electron chi connectivity index (χ0n) is 13.7. The molecule has 0 saturated carbocycles. The van der Waals surface area contributed by atoms with Gasteiger partial charge in [-0.15, -0.1) is 0 Å². The van der Waals surface area contributed by atoms with Gasteiger partial charge in [-0.3, -0.25) is 4.79 Å². The molecule has 0 bridgehead atoms. The van der Waals surface area contributed by atoms with E-state index in [4.69, 9.17) is 16.0 Å². The third kappa shape index (κ3) is 2.84. The van der Waals surface area contributed by atoms with E-state index in [1.807, 2.05) is 0 Å². The van der Waals surface area contributed by atoms with Gasteiger partial charge in [-0.2, -0.15) is 0 Å². The highest BCUT2D eigenvalue weighted by molar-refractivity contribution is 6.32. The molecular formula is C19H13ClFN3O2. The number of furan rings is 1. The summed E-state index contributed by atoms with van der Waals surface area (Å²) in [5, 5.41) is 3.79. The summed E-state index contributed by atoms with van der Waals surface area (Å²) in [5.74, 6) is -0.666. The number of carbonyl (C=O) groups is 1. The number of amides is 1. The molecule has 1 amide bonds. The predicted octanol–water partition coefficient (Wildman–Crippen LogP) is 4.97. The van der Waals surface area contributed by atoms with Gasteiger partial charge in [-0.1, -0.05) is 11.6 Å². The Balaban J connectivity index is 1.62. The standard InChI is InChI=1S/C19H13ClFN3O2/c1-11-14-8-12(21)2-5-17(14)26-18(11)19(25)23-13-3-4-16(15(20)9-13)24-7-6-22-10-24/h2-10H,1H3,(H,23,25). The lowest BCUT2D eigenvalue weighted by Gasteiger charge is -2.08. The van der Waals surface area contributed by atoms with Gasteiger partial charge in [0, 0.05) is 29.0 Å². The Hall–Kier alpha value is -3.12. The summed E-state index contributed by atoms with van der Waals surface area (Å²) >= 11 is 6.30. The van der Waals surface area contributed by atoms with Gasteiger partial charge in [0.1, 0.15) is 11.4 Å². The fourth-order valence-electron chi connectivity index (χ4n) is 2.79. The number of aryl methyl sites for hydroxylation is 1. The summed E-state index contributed by atoms with van der Waals surface area (Å²) in [4.78, 5) is 16.5. The zero-order valence-corrected chi connectivity index (χ0v) is 14.4. The molecule has 26 heavy (non-hydrogen) atoms. The van der Waals surface area contributed by atoms with Gasteiger partial charge in [-0.05, 0) is 43.3 Å². The van der Waals surface area contributed by atoms with Crippen LogP contribution < -0.4 is 5.32 Å². The lowest BCUT2D eigenvalue weighted by atomic mass is 10.1. The fourth-order valence-corrected chi connectivity index (χ4v) is 3.07. The molecule has 0 unspecified atom stereocenters. The normalized spacial score (nSPS) is 11.0. The summed E-state index contributed by atoms with van der Waals surface area (Å²) < 4.78 is 20.8. The van der Waals surface area contributed by atoms with E-state index < -0.39 is 5.91 Å². The van der Waals surface area contributed by atoms with Crippen LogP contribution in [0.3, 0.4) is 0 Å². The highest BCUT2D eigenvalue weighted by Gasteiger charge is 2.18. The largest absolute Gasteiger partial charge is 0.451 e. The molecule has 0 spiro atoms. The maximum absolute atomic E-state index is 13.4. The van der Waals surface area contributed by atoms with Crippen molar-refractivity contribution in [1.29, 1.82) is 0 Å². The number of carbonyl (C=O) groups excluding carboxylic acids is 1. The number of benzene rings is 2. The van der Waals surface area contributed by atoms with Crippen molar-refractivity contribution < 1.29 is 13.6 Å². The summed E-state index contributed by atoms with van der Waals surface area (Å²) in [7, 11) is 0. The summed E-state index contributed by atoms with van der Waals surface area (Å²) in [6.45, 7) is 1.72. The SMILES string of the molecule is Cc1c(C(=O)Nc2ccc(-n3ccnc3)c(Cl)c2)oc2ccc(F)cc12. The van der Waals surface area contributed by atoms with E-state index in [-0.39, 0.29) is 11.6 Å². The Morgan fingerprint density at radius 3 is 2.85 bits per heavy atom. The lowest BCUT2D eigenvalue weighted by molar-refractivity contribution is 0.0998. The third-order valence-electron chi connectivity index (χ3n) is 4.09. The van der Waals surface area contributed by atoms with E-state index in [1.54, 1.807) is 48.4 Å². The van der Waals surface area contributed by atoms with Crippen LogP contribution in [0.2, 0.25) is 5.02 Å². The molecule has 130 valence electrons.